The monoisotopic (exact) mass is 252 g/mol. The van der Waals surface area contributed by atoms with Gasteiger partial charge in [-0.15, -0.1) is 0 Å². The second-order valence-electron chi connectivity index (χ2n) is 4.11. The van der Waals surface area contributed by atoms with E-state index in [4.69, 9.17) is 9.47 Å². The Morgan fingerprint density at radius 3 is 1.67 bits per heavy atom. The molecule has 0 heterocycles. The summed E-state index contributed by atoms with van der Waals surface area (Å²) in [7, 11) is 0. The van der Waals surface area contributed by atoms with E-state index in [2.05, 4.69) is 0 Å². The molecule has 1 rings (SSSR count). The Hall–Kier alpha value is -1.58. The van der Waals surface area contributed by atoms with Crippen LogP contribution in [0.5, 0.6) is 0 Å². The third-order valence-electron chi connectivity index (χ3n) is 2.54. The van der Waals surface area contributed by atoms with Crippen molar-refractivity contribution in [1.29, 1.82) is 0 Å². The van der Waals surface area contributed by atoms with E-state index in [1.807, 2.05) is 26.0 Å². The van der Waals surface area contributed by atoms with Gasteiger partial charge in [-0.2, -0.15) is 0 Å². The van der Waals surface area contributed by atoms with Crippen LogP contribution < -0.4 is 0 Å². The molecule has 18 heavy (non-hydrogen) atoms. The van der Waals surface area contributed by atoms with Crippen LogP contribution in [0.4, 0.5) is 0 Å². The van der Waals surface area contributed by atoms with Crippen molar-refractivity contribution in [3.8, 4) is 0 Å². The van der Waals surface area contributed by atoms with E-state index in [1.165, 1.54) is 0 Å². The van der Waals surface area contributed by atoms with E-state index in [0.29, 0.717) is 37.2 Å². The maximum atomic E-state index is 11.8. The van der Waals surface area contributed by atoms with Crippen molar-refractivity contribution < 1.29 is 19.1 Å². The van der Waals surface area contributed by atoms with E-state index in [1.54, 1.807) is 0 Å². The van der Waals surface area contributed by atoms with Gasteiger partial charge in [0, 0.05) is 0 Å². The van der Waals surface area contributed by atoms with Gasteiger partial charge in [0.1, 0.15) is 0 Å². The Bertz CT molecular complexity index is 332. The molecule has 4 heteroatoms. The number of rotatable bonds is 6. The van der Waals surface area contributed by atoms with Crippen molar-refractivity contribution in [2.75, 3.05) is 13.2 Å². The van der Waals surface area contributed by atoms with Gasteiger partial charge in [0.05, 0.1) is 24.4 Å². The van der Waals surface area contributed by atoms with Crippen LogP contribution in [0.2, 0.25) is 0 Å². The first-order valence-electron chi connectivity index (χ1n) is 6.41. The molecule has 0 spiro atoms. The second kappa shape index (κ2) is 7.69. The fourth-order valence-corrected chi connectivity index (χ4v) is 1.63. The molecule has 0 fully saturated rings. The van der Waals surface area contributed by atoms with E-state index < -0.39 is 11.9 Å². The molecule has 0 unspecified atom stereocenters. The predicted octanol–water partition coefficient (Wildman–Crippen LogP) is 2.54. The van der Waals surface area contributed by atoms with Gasteiger partial charge in [-0.05, 0) is 25.7 Å². The van der Waals surface area contributed by atoms with Gasteiger partial charge >= 0.3 is 11.9 Å². The molecule has 1 aliphatic rings. The molecule has 1 aliphatic carbocycles. The molecule has 0 saturated heterocycles. The number of ether oxygens (including phenoxy) is 2. The molecule has 0 amide bonds. The number of allylic oxidation sites excluding steroid dienone is 2. The molecule has 0 aliphatic heterocycles. The van der Waals surface area contributed by atoms with Crippen LogP contribution in [0.3, 0.4) is 0 Å². The van der Waals surface area contributed by atoms with Crippen LogP contribution in [0.25, 0.3) is 0 Å². The van der Waals surface area contributed by atoms with Gasteiger partial charge in [-0.25, -0.2) is 9.59 Å². The maximum Gasteiger partial charge on any atom is 0.334 e. The van der Waals surface area contributed by atoms with Crippen molar-refractivity contribution >= 4 is 11.9 Å². The van der Waals surface area contributed by atoms with Gasteiger partial charge in [0.2, 0.25) is 0 Å². The molecule has 0 N–H and O–H groups in total. The molecule has 0 saturated carbocycles. The van der Waals surface area contributed by atoms with E-state index >= 15 is 0 Å². The molecule has 0 aromatic rings. The number of carbonyl (C=O) groups excluding carboxylic acids is 2. The Kier molecular flexibility index (Phi) is 6.19. The fraction of sp³-hybridized carbons (Fsp3) is 0.571. The summed E-state index contributed by atoms with van der Waals surface area (Å²) in [5.41, 5.74) is 0.874. The number of hydrogen-bond acceptors (Lipinski definition) is 4. The predicted molar refractivity (Wildman–Crippen MR) is 67.9 cm³/mol. The summed E-state index contributed by atoms with van der Waals surface area (Å²) in [4.78, 5) is 23.6. The molecule has 0 aromatic heterocycles. The number of hydrogen-bond donors (Lipinski definition) is 0. The number of esters is 2. The van der Waals surface area contributed by atoms with E-state index in [0.717, 1.165) is 12.8 Å². The lowest BCUT2D eigenvalue weighted by molar-refractivity contribution is -0.142. The first-order chi connectivity index (χ1) is 8.70. The van der Waals surface area contributed by atoms with Crippen molar-refractivity contribution in [1.82, 2.24) is 0 Å². The zero-order valence-electron chi connectivity index (χ0n) is 11.0. The zero-order valence-corrected chi connectivity index (χ0v) is 11.0. The summed E-state index contributed by atoms with van der Waals surface area (Å²) in [6.07, 6.45) is 6.17. The van der Waals surface area contributed by atoms with Gasteiger partial charge in [0.25, 0.3) is 0 Å². The lowest BCUT2D eigenvalue weighted by Gasteiger charge is -2.14. The summed E-state index contributed by atoms with van der Waals surface area (Å²) in [5, 5.41) is 0. The quantitative estimate of drug-likeness (QED) is 0.538. The second-order valence-corrected chi connectivity index (χ2v) is 4.11. The minimum atomic E-state index is -0.398. The Labute approximate surface area is 108 Å². The molecular weight excluding hydrogens is 232 g/mol. The van der Waals surface area contributed by atoms with Crippen LogP contribution in [0, 0.1) is 0 Å². The first kappa shape index (κ1) is 14.5. The molecule has 4 nitrogen and oxygen atoms in total. The Balaban J connectivity index is 2.76. The van der Waals surface area contributed by atoms with Gasteiger partial charge in [-0.1, -0.05) is 26.0 Å². The van der Waals surface area contributed by atoms with Crippen LogP contribution in [0.15, 0.2) is 23.3 Å². The van der Waals surface area contributed by atoms with Crippen LogP contribution in [0.1, 0.15) is 39.5 Å². The SMILES string of the molecule is CCCOC(=O)C1=C(C(=O)OCCC)CC=CC1. The topological polar surface area (TPSA) is 52.6 Å². The third-order valence-corrected chi connectivity index (χ3v) is 2.54. The smallest absolute Gasteiger partial charge is 0.334 e. The Morgan fingerprint density at radius 2 is 1.33 bits per heavy atom. The molecule has 0 atom stereocenters. The molecule has 0 aromatic carbocycles. The standard InChI is InChI=1S/C14H20O4/c1-3-9-17-13(15)11-7-5-6-8-12(11)14(16)18-10-4-2/h5-6H,3-4,7-10H2,1-2H3. The maximum absolute atomic E-state index is 11.8. The minimum Gasteiger partial charge on any atom is -0.462 e. The fourth-order valence-electron chi connectivity index (χ4n) is 1.63. The highest BCUT2D eigenvalue weighted by molar-refractivity contribution is 6.01. The molecular formula is C14H20O4. The lowest BCUT2D eigenvalue weighted by Crippen LogP contribution is -2.18. The van der Waals surface area contributed by atoms with Crippen molar-refractivity contribution in [3.63, 3.8) is 0 Å². The van der Waals surface area contributed by atoms with Crippen LogP contribution >= 0.6 is 0 Å². The highest BCUT2D eigenvalue weighted by atomic mass is 16.5. The summed E-state index contributed by atoms with van der Waals surface area (Å²) in [6, 6.07) is 0. The van der Waals surface area contributed by atoms with Crippen LogP contribution in [-0.2, 0) is 19.1 Å². The summed E-state index contributed by atoms with van der Waals surface area (Å²) in [5.74, 6) is -0.797. The van der Waals surface area contributed by atoms with E-state index in [-0.39, 0.29) is 0 Å². The zero-order chi connectivity index (χ0) is 13.4. The van der Waals surface area contributed by atoms with Crippen molar-refractivity contribution in [3.05, 3.63) is 23.3 Å². The van der Waals surface area contributed by atoms with E-state index in [9.17, 15) is 9.59 Å². The van der Waals surface area contributed by atoms with Gasteiger partial charge < -0.3 is 9.47 Å². The number of carbonyl (C=O) groups is 2. The van der Waals surface area contributed by atoms with Crippen molar-refractivity contribution in [2.24, 2.45) is 0 Å². The average Bonchev–Trinajstić information content (AvgIpc) is 2.42. The summed E-state index contributed by atoms with van der Waals surface area (Å²) in [6.45, 7) is 4.62. The lowest BCUT2D eigenvalue weighted by atomic mass is 9.97. The minimum absolute atomic E-state index is 0.378. The first-order valence-corrected chi connectivity index (χ1v) is 6.41. The molecule has 0 radical (unpaired) electrons. The summed E-state index contributed by atoms with van der Waals surface area (Å²) >= 11 is 0. The highest BCUT2D eigenvalue weighted by Crippen LogP contribution is 2.22. The largest absolute Gasteiger partial charge is 0.462 e. The van der Waals surface area contributed by atoms with Crippen LogP contribution in [-0.4, -0.2) is 25.2 Å². The third kappa shape index (κ3) is 4.02. The summed E-state index contributed by atoms with van der Waals surface area (Å²) < 4.78 is 10.2. The normalized spacial score (nSPS) is 14.6. The van der Waals surface area contributed by atoms with Gasteiger partial charge in [0.15, 0.2) is 0 Å². The van der Waals surface area contributed by atoms with Crippen molar-refractivity contribution in [2.45, 2.75) is 39.5 Å². The molecule has 100 valence electrons. The highest BCUT2D eigenvalue weighted by Gasteiger charge is 2.23. The Morgan fingerprint density at radius 1 is 0.944 bits per heavy atom. The van der Waals surface area contributed by atoms with Gasteiger partial charge in [-0.3, -0.25) is 0 Å². The molecule has 0 bridgehead atoms. The average molecular weight is 252 g/mol.